The average Bonchev–Trinajstić information content (AvgIpc) is 2.12. The second-order valence-electron chi connectivity index (χ2n) is 4.83. The number of ether oxygens (including phenoxy) is 1. The molecule has 0 unspecified atom stereocenters. The summed E-state index contributed by atoms with van der Waals surface area (Å²) >= 11 is 3.44. The molecule has 0 aromatic heterocycles. The number of hydrogen-bond donors (Lipinski definition) is 1. The molecule has 0 spiro atoms. The highest BCUT2D eigenvalue weighted by atomic mass is 79.9. The van der Waals surface area contributed by atoms with Gasteiger partial charge in [-0.15, -0.1) is 0 Å². The quantitative estimate of drug-likeness (QED) is 0.920. The van der Waals surface area contributed by atoms with E-state index in [4.69, 9.17) is 9.84 Å². The van der Waals surface area contributed by atoms with E-state index in [9.17, 15) is 0 Å². The summed E-state index contributed by atoms with van der Waals surface area (Å²) in [5, 5.41) is 9.11. The van der Waals surface area contributed by atoms with E-state index in [2.05, 4.69) is 15.9 Å². The summed E-state index contributed by atoms with van der Waals surface area (Å²) in [6, 6.07) is 5.85. The predicted octanol–water partition coefficient (Wildman–Crippen LogP) is 3.56. The number of rotatable bonds is 3. The highest BCUT2D eigenvalue weighted by Gasteiger charge is 2.14. The lowest BCUT2D eigenvalue weighted by atomic mass is 10.0. The number of halogens is 1. The first-order valence-corrected chi connectivity index (χ1v) is 6.04. The molecule has 1 radical (unpaired) electrons. The first kappa shape index (κ1) is 13.5. The molecule has 0 aliphatic heterocycles. The first-order chi connectivity index (χ1) is 7.31. The van der Waals surface area contributed by atoms with Gasteiger partial charge in [-0.3, -0.25) is 0 Å². The smallest absolute Gasteiger partial charge is 0.121 e. The molecule has 0 aliphatic rings. The molecular weight excluding hydrogens is 268 g/mol. The molecule has 0 saturated heterocycles. The van der Waals surface area contributed by atoms with E-state index in [0.717, 1.165) is 21.7 Å². The molecule has 0 bridgehead atoms. The number of benzene rings is 1. The standard InChI is InChI=1S/C13H18BrO2/c1-9(8-15)10-5-11(14)7-12(6-10)16-13(2,3)4/h5-7,15H,8H2,1-4H3. The zero-order valence-electron chi connectivity index (χ0n) is 10.2. The largest absolute Gasteiger partial charge is 0.488 e. The van der Waals surface area contributed by atoms with Crippen molar-refractivity contribution in [1.29, 1.82) is 0 Å². The molecule has 1 rings (SSSR count). The Hall–Kier alpha value is -0.540. The zero-order chi connectivity index (χ0) is 12.3. The van der Waals surface area contributed by atoms with Gasteiger partial charge < -0.3 is 9.84 Å². The third-order valence-corrected chi connectivity index (χ3v) is 2.48. The molecule has 2 nitrogen and oxygen atoms in total. The van der Waals surface area contributed by atoms with Crippen LogP contribution in [-0.4, -0.2) is 17.3 Å². The molecular formula is C13H18BrO2. The Morgan fingerprint density at radius 2 is 1.94 bits per heavy atom. The van der Waals surface area contributed by atoms with Gasteiger partial charge in [0.25, 0.3) is 0 Å². The monoisotopic (exact) mass is 285 g/mol. The Labute approximate surface area is 106 Å². The normalized spacial score (nSPS) is 11.9. The zero-order valence-corrected chi connectivity index (χ0v) is 11.8. The minimum Gasteiger partial charge on any atom is -0.488 e. The van der Waals surface area contributed by atoms with Gasteiger partial charge in [0, 0.05) is 10.4 Å². The molecule has 89 valence electrons. The van der Waals surface area contributed by atoms with Crippen molar-refractivity contribution < 1.29 is 9.84 Å². The van der Waals surface area contributed by atoms with Gasteiger partial charge in [0.1, 0.15) is 11.4 Å². The molecule has 1 aromatic carbocycles. The van der Waals surface area contributed by atoms with Gasteiger partial charge in [-0.2, -0.15) is 0 Å². The van der Waals surface area contributed by atoms with Gasteiger partial charge in [0.2, 0.25) is 0 Å². The maximum absolute atomic E-state index is 9.11. The van der Waals surface area contributed by atoms with Crippen LogP contribution in [0.4, 0.5) is 0 Å². The van der Waals surface area contributed by atoms with Gasteiger partial charge in [-0.25, -0.2) is 0 Å². The van der Waals surface area contributed by atoms with E-state index in [1.54, 1.807) is 0 Å². The summed E-state index contributed by atoms with van der Waals surface area (Å²) in [4.78, 5) is 0. The fourth-order valence-electron chi connectivity index (χ4n) is 1.31. The van der Waals surface area contributed by atoms with Crippen molar-refractivity contribution in [2.45, 2.75) is 33.3 Å². The van der Waals surface area contributed by atoms with Crippen molar-refractivity contribution in [3.05, 3.63) is 34.2 Å². The Balaban J connectivity index is 2.99. The van der Waals surface area contributed by atoms with E-state index in [-0.39, 0.29) is 12.2 Å². The van der Waals surface area contributed by atoms with Gasteiger partial charge >= 0.3 is 0 Å². The minimum absolute atomic E-state index is 0.0609. The SMILES string of the molecule is C[C](CO)c1cc(Br)cc(OC(C)(C)C)c1. The van der Waals surface area contributed by atoms with Crippen LogP contribution in [0.5, 0.6) is 5.75 Å². The highest BCUT2D eigenvalue weighted by Crippen LogP contribution is 2.28. The van der Waals surface area contributed by atoms with Crippen LogP contribution >= 0.6 is 15.9 Å². The van der Waals surface area contributed by atoms with Crippen molar-refractivity contribution in [3.63, 3.8) is 0 Å². The fraction of sp³-hybridized carbons (Fsp3) is 0.462. The van der Waals surface area contributed by atoms with Crippen LogP contribution in [0, 0.1) is 5.92 Å². The van der Waals surface area contributed by atoms with E-state index >= 15 is 0 Å². The molecule has 16 heavy (non-hydrogen) atoms. The van der Waals surface area contributed by atoms with E-state index in [1.807, 2.05) is 45.9 Å². The van der Waals surface area contributed by atoms with Crippen molar-refractivity contribution in [2.75, 3.05) is 6.61 Å². The van der Waals surface area contributed by atoms with Crippen LogP contribution in [0.15, 0.2) is 22.7 Å². The molecule has 0 aliphatic carbocycles. The van der Waals surface area contributed by atoms with Crippen LogP contribution in [0.1, 0.15) is 33.3 Å². The molecule has 3 heteroatoms. The van der Waals surface area contributed by atoms with Crippen LogP contribution < -0.4 is 4.74 Å². The lowest BCUT2D eigenvalue weighted by molar-refractivity contribution is 0.130. The van der Waals surface area contributed by atoms with Crippen LogP contribution in [-0.2, 0) is 0 Å². The summed E-state index contributed by atoms with van der Waals surface area (Å²) in [5.41, 5.74) is 0.779. The Morgan fingerprint density at radius 3 is 2.44 bits per heavy atom. The maximum atomic E-state index is 9.11. The molecule has 1 N–H and O–H groups in total. The third-order valence-electron chi connectivity index (χ3n) is 2.03. The number of hydrogen-bond acceptors (Lipinski definition) is 2. The van der Waals surface area contributed by atoms with Crippen molar-refractivity contribution in [2.24, 2.45) is 0 Å². The van der Waals surface area contributed by atoms with Gasteiger partial charge in [-0.1, -0.05) is 22.9 Å². The van der Waals surface area contributed by atoms with Gasteiger partial charge in [0.15, 0.2) is 0 Å². The topological polar surface area (TPSA) is 29.5 Å². The van der Waals surface area contributed by atoms with Gasteiger partial charge in [-0.05, 0) is 44.5 Å². The number of aliphatic hydroxyl groups is 1. The Morgan fingerprint density at radius 1 is 1.31 bits per heavy atom. The molecule has 1 aromatic rings. The Kier molecular flexibility index (Phi) is 4.39. The maximum Gasteiger partial charge on any atom is 0.121 e. The van der Waals surface area contributed by atoms with Crippen molar-refractivity contribution in [3.8, 4) is 5.75 Å². The average molecular weight is 286 g/mol. The van der Waals surface area contributed by atoms with Crippen LogP contribution in [0.25, 0.3) is 0 Å². The van der Waals surface area contributed by atoms with Crippen LogP contribution in [0.2, 0.25) is 0 Å². The van der Waals surface area contributed by atoms with Crippen molar-refractivity contribution in [1.82, 2.24) is 0 Å². The summed E-state index contributed by atoms with van der Waals surface area (Å²) in [6.07, 6.45) is 0. The molecule has 0 saturated carbocycles. The van der Waals surface area contributed by atoms with Crippen molar-refractivity contribution >= 4 is 15.9 Å². The summed E-state index contributed by atoms with van der Waals surface area (Å²) < 4.78 is 6.75. The second kappa shape index (κ2) is 5.19. The summed E-state index contributed by atoms with van der Waals surface area (Å²) in [7, 11) is 0. The summed E-state index contributed by atoms with van der Waals surface area (Å²) in [5.74, 6) is 1.74. The fourth-order valence-corrected chi connectivity index (χ4v) is 1.79. The lowest BCUT2D eigenvalue weighted by Gasteiger charge is -2.22. The third kappa shape index (κ3) is 4.14. The summed E-state index contributed by atoms with van der Waals surface area (Å²) in [6.45, 7) is 8.00. The van der Waals surface area contributed by atoms with Crippen LogP contribution in [0.3, 0.4) is 0 Å². The molecule has 0 fully saturated rings. The Bertz CT molecular complexity index is 355. The van der Waals surface area contributed by atoms with E-state index in [0.29, 0.717) is 0 Å². The minimum atomic E-state index is -0.217. The highest BCUT2D eigenvalue weighted by molar-refractivity contribution is 9.10. The molecule has 0 heterocycles. The number of aliphatic hydroxyl groups excluding tert-OH is 1. The molecule has 0 atom stereocenters. The second-order valence-corrected chi connectivity index (χ2v) is 5.74. The van der Waals surface area contributed by atoms with E-state index < -0.39 is 0 Å². The first-order valence-electron chi connectivity index (χ1n) is 5.25. The molecule has 0 amide bonds. The van der Waals surface area contributed by atoms with Gasteiger partial charge in [0.05, 0.1) is 6.61 Å². The lowest BCUT2D eigenvalue weighted by Crippen LogP contribution is -2.23. The predicted molar refractivity (Wildman–Crippen MR) is 69.6 cm³/mol. The van der Waals surface area contributed by atoms with E-state index in [1.165, 1.54) is 0 Å².